The van der Waals surface area contributed by atoms with Crippen molar-refractivity contribution in [1.29, 1.82) is 0 Å². The Morgan fingerprint density at radius 3 is 2.36 bits per heavy atom. The van der Waals surface area contributed by atoms with Crippen molar-refractivity contribution < 1.29 is 17.3 Å². The zero-order valence-corrected chi connectivity index (χ0v) is 15.6. The van der Waals surface area contributed by atoms with Crippen LogP contribution < -0.4 is 4.72 Å². The summed E-state index contributed by atoms with van der Waals surface area (Å²) in [7, 11) is -2.01. The van der Waals surface area contributed by atoms with Crippen LogP contribution in [0.2, 0.25) is 0 Å². The van der Waals surface area contributed by atoms with Gasteiger partial charge in [0.05, 0.1) is 12.1 Å². The zero-order chi connectivity index (χ0) is 18.4. The average molecular weight is 364 g/mol. The van der Waals surface area contributed by atoms with Gasteiger partial charge in [-0.3, -0.25) is 0 Å². The quantitative estimate of drug-likeness (QED) is 0.745. The summed E-state index contributed by atoms with van der Waals surface area (Å²) in [6.07, 6.45) is 0. The molecule has 1 N–H and O–H groups in total. The number of aromatic nitrogens is 3. The minimum Gasteiger partial charge on any atom is -0.465 e. The molecule has 3 aromatic rings. The molecule has 0 aromatic carbocycles. The Bertz CT molecular complexity index is 1030. The topological polar surface area (TPSA) is 103 Å². The molecule has 0 saturated carbocycles. The smallest absolute Gasteiger partial charge is 0.250 e. The second-order valence-electron chi connectivity index (χ2n) is 5.90. The van der Waals surface area contributed by atoms with Gasteiger partial charge in [-0.25, -0.2) is 13.1 Å². The van der Waals surface area contributed by atoms with Gasteiger partial charge in [0.1, 0.15) is 16.4 Å². The van der Waals surface area contributed by atoms with Crippen molar-refractivity contribution in [3.8, 4) is 11.5 Å². The zero-order valence-electron chi connectivity index (χ0n) is 14.7. The van der Waals surface area contributed by atoms with E-state index in [0.29, 0.717) is 22.9 Å². The lowest BCUT2D eigenvalue weighted by Crippen LogP contribution is -2.24. The minimum atomic E-state index is -3.81. The maximum absolute atomic E-state index is 12.9. The minimum absolute atomic E-state index is 0.0614. The summed E-state index contributed by atoms with van der Waals surface area (Å²) in [5.74, 6) is 1.83. The fourth-order valence-electron chi connectivity index (χ4n) is 2.71. The summed E-state index contributed by atoms with van der Waals surface area (Å²) >= 11 is 0. The molecule has 0 aliphatic carbocycles. The molecule has 0 saturated heterocycles. The predicted octanol–water partition coefficient (Wildman–Crippen LogP) is 2.38. The van der Waals surface area contributed by atoms with E-state index in [-0.39, 0.29) is 17.3 Å². The highest BCUT2D eigenvalue weighted by Crippen LogP contribution is 2.34. The van der Waals surface area contributed by atoms with Crippen molar-refractivity contribution in [2.24, 2.45) is 7.05 Å². The molecule has 25 heavy (non-hydrogen) atoms. The van der Waals surface area contributed by atoms with Gasteiger partial charge in [-0.15, -0.1) is 10.2 Å². The third-order valence-corrected chi connectivity index (χ3v) is 5.73. The van der Waals surface area contributed by atoms with Crippen LogP contribution in [-0.2, 0) is 23.6 Å². The Morgan fingerprint density at radius 2 is 1.80 bits per heavy atom. The lowest BCUT2D eigenvalue weighted by atomic mass is 10.2. The second kappa shape index (κ2) is 6.16. The molecule has 8 nitrogen and oxygen atoms in total. The average Bonchev–Trinajstić information content (AvgIpc) is 3.21. The molecule has 3 heterocycles. The van der Waals surface area contributed by atoms with Gasteiger partial charge in [-0.2, -0.15) is 0 Å². The van der Waals surface area contributed by atoms with E-state index >= 15 is 0 Å². The van der Waals surface area contributed by atoms with Crippen LogP contribution in [0.1, 0.15) is 28.8 Å². The van der Waals surface area contributed by atoms with Gasteiger partial charge in [0, 0.05) is 25.4 Å². The molecule has 0 unspecified atom stereocenters. The number of nitrogens with zero attached hydrogens (tertiary/aromatic N) is 3. The normalized spacial score (nSPS) is 12.0. The maximum atomic E-state index is 12.9. The van der Waals surface area contributed by atoms with E-state index in [1.165, 1.54) is 0 Å². The molecule has 3 aromatic heterocycles. The lowest BCUT2D eigenvalue weighted by molar-refractivity contribution is 0.475. The molecule has 0 radical (unpaired) electrons. The van der Waals surface area contributed by atoms with Gasteiger partial charge in [0.15, 0.2) is 0 Å². The molecule has 0 amide bonds. The highest BCUT2D eigenvalue weighted by atomic mass is 32.2. The number of hydrogen-bond acceptors (Lipinski definition) is 6. The number of nitrogens with one attached hydrogen (secondary N) is 1. The summed E-state index contributed by atoms with van der Waals surface area (Å²) in [5, 5.41) is 7.79. The Hall–Kier alpha value is -2.39. The lowest BCUT2D eigenvalue weighted by Gasteiger charge is -2.07. The van der Waals surface area contributed by atoms with Crippen LogP contribution in [0.3, 0.4) is 0 Å². The first kappa shape index (κ1) is 17.4. The number of rotatable bonds is 5. The van der Waals surface area contributed by atoms with Crippen LogP contribution in [0.25, 0.3) is 11.5 Å². The summed E-state index contributed by atoms with van der Waals surface area (Å²) in [5.41, 5.74) is 1.74. The van der Waals surface area contributed by atoms with Crippen LogP contribution in [0, 0.1) is 27.7 Å². The van der Waals surface area contributed by atoms with E-state index in [1.54, 1.807) is 44.5 Å². The van der Waals surface area contributed by atoms with Crippen molar-refractivity contribution in [2.75, 3.05) is 0 Å². The third kappa shape index (κ3) is 3.12. The number of aryl methyl sites for hydroxylation is 2. The molecule has 9 heteroatoms. The van der Waals surface area contributed by atoms with Crippen molar-refractivity contribution >= 4 is 10.0 Å². The van der Waals surface area contributed by atoms with Crippen LogP contribution in [0.5, 0.6) is 0 Å². The third-order valence-electron chi connectivity index (χ3n) is 4.16. The van der Waals surface area contributed by atoms with E-state index in [9.17, 15) is 8.42 Å². The molecular formula is C16H20N4O4S. The number of hydrogen-bond donors (Lipinski definition) is 1. The van der Waals surface area contributed by atoms with Crippen molar-refractivity contribution in [3.63, 3.8) is 0 Å². The van der Waals surface area contributed by atoms with Crippen LogP contribution in [0.15, 0.2) is 25.9 Å². The molecule has 134 valence electrons. The standard InChI is InChI=1S/C16H20N4O4S/c1-9-6-7-13(23-9)8-17-25(21,22)15-11(3)20(5)10(2)14(15)16-19-18-12(4)24-16/h6-7,17H,8H2,1-5H3. The number of sulfonamides is 1. The summed E-state index contributed by atoms with van der Waals surface area (Å²) in [6, 6.07) is 3.53. The SMILES string of the molecule is Cc1ccc(CNS(=O)(=O)c2c(-c3nnc(C)o3)c(C)n(C)c2C)o1. The molecule has 0 bridgehead atoms. The van der Waals surface area contributed by atoms with E-state index in [2.05, 4.69) is 14.9 Å². The predicted molar refractivity (Wildman–Crippen MR) is 90.4 cm³/mol. The Balaban J connectivity index is 2.04. The highest BCUT2D eigenvalue weighted by Gasteiger charge is 2.30. The maximum Gasteiger partial charge on any atom is 0.250 e. The first-order valence-electron chi connectivity index (χ1n) is 7.72. The Labute approximate surface area is 145 Å². The van der Waals surface area contributed by atoms with Crippen LogP contribution >= 0.6 is 0 Å². The first-order chi connectivity index (χ1) is 11.7. The highest BCUT2D eigenvalue weighted by molar-refractivity contribution is 7.89. The van der Waals surface area contributed by atoms with Crippen molar-refractivity contribution in [2.45, 2.75) is 39.1 Å². The van der Waals surface area contributed by atoms with Crippen molar-refractivity contribution in [1.82, 2.24) is 19.5 Å². The van der Waals surface area contributed by atoms with Gasteiger partial charge in [-0.05, 0) is 32.9 Å². The van der Waals surface area contributed by atoms with Gasteiger partial charge >= 0.3 is 0 Å². The fraction of sp³-hybridized carbons (Fsp3) is 0.375. The van der Waals surface area contributed by atoms with E-state index in [0.717, 1.165) is 11.5 Å². The summed E-state index contributed by atoms with van der Waals surface area (Å²) in [4.78, 5) is 0.138. The molecule has 0 spiro atoms. The number of furan rings is 1. The molecule has 0 atom stereocenters. The Morgan fingerprint density at radius 1 is 1.08 bits per heavy atom. The first-order valence-corrected chi connectivity index (χ1v) is 9.20. The van der Waals surface area contributed by atoms with E-state index in [1.807, 2.05) is 6.92 Å². The van der Waals surface area contributed by atoms with Crippen molar-refractivity contribution in [3.05, 3.63) is 40.9 Å². The van der Waals surface area contributed by atoms with Gasteiger partial charge < -0.3 is 13.4 Å². The largest absolute Gasteiger partial charge is 0.465 e. The van der Waals surface area contributed by atoms with E-state index in [4.69, 9.17) is 8.83 Å². The molecule has 0 aliphatic heterocycles. The van der Waals surface area contributed by atoms with Gasteiger partial charge in [0.25, 0.3) is 5.89 Å². The van der Waals surface area contributed by atoms with Gasteiger partial charge in [-0.1, -0.05) is 0 Å². The van der Waals surface area contributed by atoms with E-state index < -0.39 is 10.0 Å². The molecular weight excluding hydrogens is 344 g/mol. The molecule has 0 aliphatic rings. The Kier molecular flexibility index (Phi) is 4.29. The summed E-state index contributed by atoms with van der Waals surface area (Å²) < 4.78 is 41.2. The van der Waals surface area contributed by atoms with Gasteiger partial charge in [0.2, 0.25) is 15.9 Å². The van der Waals surface area contributed by atoms with Crippen LogP contribution in [-0.4, -0.2) is 23.2 Å². The monoisotopic (exact) mass is 364 g/mol. The second-order valence-corrected chi connectivity index (χ2v) is 7.60. The molecule has 3 rings (SSSR count). The summed E-state index contributed by atoms with van der Waals surface area (Å²) in [6.45, 7) is 7.08. The molecule has 0 fully saturated rings. The fourth-order valence-corrected chi connectivity index (χ4v) is 4.22. The van der Waals surface area contributed by atoms with Crippen LogP contribution in [0.4, 0.5) is 0 Å².